The third-order valence-corrected chi connectivity index (χ3v) is 6.76. The zero-order valence-electron chi connectivity index (χ0n) is 16.5. The van der Waals surface area contributed by atoms with E-state index in [1.54, 1.807) is 6.20 Å². The van der Waals surface area contributed by atoms with E-state index in [-0.39, 0.29) is 5.91 Å². The van der Waals surface area contributed by atoms with Crippen molar-refractivity contribution in [1.82, 2.24) is 19.6 Å². The van der Waals surface area contributed by atoms with Crippen molar-refractivity contribution in [3.63, 3.8) is 0 Å². The van der Waals surface area contributed by atoms with E-state index in [2.05, 4.69) is 34.6 Å². The average molecular weight is 406 g/mol. The number of nitrogens with zero attached hydrogens (tertiary/aromatic N) is 4. The minimum atomic E-state index is -0.0957. The molecule has 1 atom stereocenters. The number of thiophene rings is 1. The van der Waals surface area contributed by atoms with Crippen molar-refractivity contribution in [2.45, 2.75) is 39.3 Å². The molecule has 6 nitrogen and oxygen atoms in total. The molecule has 4 aromatic rings. The smallest absolute Gasteiger partial charge is 0.266 e. The van der Waals surface area contributed by atoms with Crippen molar-refractivity contribution in [2.75, 3.05) is 5.32 Å². The van der Waals surface area contributed by atoms with Crippen molar-refractivity contribution in [3.8, 4) is 0 Å². The Morgan fingerprint density at radius 3 is 2.83 bits per heavy atom. The molecule has 1 amide bonds. The lowest BCUT2D eigenvalue weighted by Crippen LogP contribution is -2.17. The number of benzene rings is 1. The van der Waals surface area contributed by atoms with Gasteiger partial charge in [-0.15, -0.1) is 11.3 Å². The highest BCUT2D eigenvalue weighted by Crippen LogP contribution is 2.40. The van der Waals surface area contributed by atoms with Crippen LogP contribution in [-0.2, 0) is 6.54 Å². The number of carbonyl (C=O) groups excluding carboxylic acids is 1. The van der Waals surface area contributed by atoms with Gasteiger partial charge in [0.05, 0.1) is 29.4 Å². The number of hydrogen-bond donors (Lipinski definition) is 1. The van der Waals surface area contributed by atoms with Gasteiger partial charge in [-0.25, -0.2) is 4.68 Å². The third-order valence-electron chi connectivity index (χ3n) is 5.61. The number of anilines is 1. The third kappa shape index (κ3) is 3.46. The fourth-order valence-corrected chi connectivity index (χ4v) is 4.84. The summed E-state index contributed by atoms with van der Waals surface area (Å²) in [6.07, 6.45) is 4.23. The molecule has 1 aromatic carbocycles. The highest BCUT2D eigenvalue weighted by atomic mass is 32.1. The molecule has 0 saturated heterocycles. The van der Waals surface area contributed by atoms with Gasteiger partial charge in [-0.1, -0.05) is 30.3 Å². The van der Waals surface area contributed by atoms with Crippen LogP contribution in [0.5, 0.6) is 0 Å². The zero-order valence-corrected chi connectivity index (χ0v) is 17.3. The van der Waals surface area contributed by atoms with Gasteiger partial charge in [-0.2, -0.15) is 10.2 Å². The van der Waals surface area contributed by atoms with Crippen LogP contribution in [0.4, 0.5) is 5.82 Å². The molecule has 3 heterocycles. The monoisotopic (exact) mass is 405 g/mol. The second-order valence-corrected chi connectivity index (χ2v) is 8.78. The minimum absolute atomic E-state index is 0.0957. The molecular weight excluding hydrogens is 382 g/mol. The summed E-state index contributed by atoms with van der Waals surface area (Å²) in [6, 6.07) is 14.4. The van der Waals surface area contributed by atoms with Gasteiger partial charge >= 0.3 is 0 Å². The summed E-state index contributed by atoms with van der Waals surface area (Å²) in [4.78, 5) is 14.7. The fraction of sp³-hybridized carbons (Fsp3) is 0.318. The van der Waals surface area contributed by atoms with Gasteiger partial charge in [0.2, 0.25) is 0 Å². The highest BCUT2D eigenvalue weighted by Gasteiger charge is 2.31. The number of amides is 1. The molecule has 148 valence electrons. The molecule has 0 aliphatic heterocycles. The molecule has 0 bridgehead atoms. The number of fused-ring (bicyclic) bond motifs is 1. The molecular formula is C22H23N5OS. The first-order valence-corrected chi connectivity index (χ1v) is 10.8. The number of hydrogen-bond acceptors (Lipinski definition) is 4. The number of aryl methyl sites for hydroxylation is 1. The van der Waals surface area contributed by atoms with Gasteiger partial charge < -0.3 is 5.32 Å². The average Bonchev–Trinajstić information content (AvgIpc) is 3.19. The summed E-state index contributed by atoms with van der Waals surface area (Å²) in [5.41, 5.74) is 2.13. The summed E-state index contributed by atoms with van der Waals surface area (Å²) in [7, 11) is 0. The topological polar surface area (TPSA) is 64.7 Å². The lowest BCUT2D eigenvalue weighted by atomic mass is 10.2. The van der Waals surface area contributed by atoms with Gasteiger partial charge in [0.1, 0.15) is 10.6 Å². The molecule has 29 heavy (non-hydrogen) atoms. The largest absolute Gasteiger partial charge is 0.306 e. The SMILES string of the molecule is Cc1nn(Cc2ccccc2)c2sc(C(=O)Nc3ccnn3C(C)C3CC3)cc12. The second-order valence-electron chi connectivity index (χ2n) is 7.75. The van der Waals surface area contributed by atoms with E-state index in [0.717, 1.165) is 21.7 Å². The summed E-state index contributed by atoms with van der Waals surface area (Å²) in [5.74, 6) is 1.33. The number of carbonyl (C=O) groups is 1. The molecule has 5 rings (SSSR count). The molecule has 0 spiro atoms. The maximum atomic E-state index is 12.9. The molecule has 1 aliphatic carbocycles. The minimum Gasteiger partial charge on any atom is -0.306 e. The van der Waals surface area contributed by atoms with Crippen LogP contribution in [-0.4, -0.2) is 25.5 Å². The Kier molecular flexibility index (Phi) is 4.47. The lowest BCUT2D eigenvalue weighted by Gasteiger charge is -2.15. The van der Waals surface area contributed by atoms with Crippen molar-refractivity contribution < 1.29 is 4.79 Å². The van der Waals surface area contributed by atoms with E-state index < -0.39 is 0 Å². The maximum Gasteiger partial charge on any atom is 0.266 e. The van der Waals surface area contributed by atoms with E-state index in [4.69, 9.17) is 0 Å². The van der Waals surface area contributed by atoms with Crippen LogP contribution < -0.4 is 5.32 Å². The van der Waals surface area contributed by atoms with E-state index >= 15 is 0 Å². The second kappa shape index (κ2) is 7.15. The van der Waals surface area contributed by atoms with Crippen LogP contribution in [0.2, 0.25) is 0 Å². The summed E-state index contributed by atoms with van der Waals surface area (Å²) in [5, 5.41) is 13.2. The predicted octanol–water partition coefficient (Wildman–Crippen LogP) is 4.87. The Labute approximate surface area is 173 Å². The van der Waals surface area contributed by atoms with Crippen molar-refractivity contribution in [1.29, 1.82) is 0 Å². The molecule has 1 fully saturated rings. The van der Waals surface area contributed by atoms with Crippen LogP contribution in [0.15, 0.2) is 48.7 Å². The standard InChI is InChI=1S/C22H23N5OS/c1-14-18-12-19(29-22(18)26(25-14)13-16-6-4-3-5-7-16)21(28)24-20-10-11-23-27(20)15(2)17-8-9-17/h3-7,10-12,15,17H,8-9,13H2,1-2H3,(H,24,28). The van der Waals surface area contributed by atoms with Crippen LogP contribution in [0.1, 0.15) is 46.7 Å². The Hall–Kier alpha value is -2.93. The quantitative estimate of drug-likeness (QED) is 0.497. The normalized spacial score (nSPS) is 15.0. The molecule has 1 unspecified atom stereocenters. The fourth-order valence-electron chi connectivity index (χ4n) is 3.78. The van der Waals surface area contributed by atoms with Crippen LogP contribution in [0, 0.1) is 12.8 Å². The number of nitrogens with one attached hydrogen (secondary N) is 1. The molecule has 7 heteroatoms. The number of rotatable bonds is 6. The Bertz CT molecular complexity index is 1170. The van der Waals surface area contributed by atoms with Crippen molar-refractivity contribution in [2.24, 2.45) is 5.92 Å². The Morgan fingerprint density at radius 1 is 1.28 bits per heavy atom. The molecule has 1 saturated carbocycles. The number of aromatic nitrogens is 4. The van der Waals surface area contributed by atoms with E-state index in [0.29, 0.717) is 23.4 Å². The first kappa shape index (κ1) is 18.1. The van der Waals surface area contributed by atoms with Gasteiger partial charge in [0.15, 0.2) is 0 Å². The van der Waals surface area contributed by atoms with Gasteiger partial charge in [0, 0.05) is 11.5 Å². The predicted molar refractivity (Wildman–Crippen MR) is 116 cm³/mol. The first-order valence-electron chi connectivity index (χ1n) is 9.96. The zero-order chi connectivity index (χ0) is 20.0. The molecule has 0 radical (unpaired) electrons. The van der Waals surface area contributed by atoms with Crippen molar-refractivity contribution in [3.05, 3.63) is 64.8 Å². The molecule has 1 N–H and O–H groups in total. The van der Waals surface area contributed by atoms with Gasteiger partial charge in [-0.3, -0.25) is 9.48 Å². The van der Waals surface area contributed by atoms with Crippen LogP contribution in [0.25, 0.3) is 10.2 Å². The maximum absolute atomic E-state index is 12.9. The molecule has 1 aliphatic rings. The lowest BCUT2D eigenvalue weighted by molar-refractivity contribution is 0.102. The van der Waals surface area contributed by atoms with E-state index in [1.165, 1.54) is 29.7 Å². The first-order chi connectivity index (χ1) is 14.1. The van der Waals surface area contributed by atoms with Gasteiger partial charge in [0.25, 0.3) is 5.91 Å². The van der Waals surface area contributed by atoms with E-state index in [1.807, 2.05) is 46.6 Å². The Morgan fingerprint density at radius 2 is 2.07 bits per heavy atom. The van der Waals surface area contributed by atoms with Gasteiger partial charge in [-0.05, 0) is 44.2 Å². The summed E-state index contributed by atoms with van der Waals surface area (Å²) < 4.78 is 3.92. The van der Waals surface area contributed by atoms with Crippen LogP contribution in [0.3, 0.4) is 0 Å². The van der Waals surface area contributed by atoms with Crippen LogP contribution >= 0.6 is 11.3 Å². The highest BCUT2D eigenvalue weighted by molar-refractivity contribution is 7.20. The summed E-state index contributed by atoms with van der Waals surface area (Å²) in [6.45, 7) is 4.85. The van der Waals surface area contributed by atoms with E-state index in [9.17, 15) is 4.79 Å². The van der Waals surface area contributed by atoms with Crippen molar-refractivity contribution >= 4 is 33.3 Å². The molecule has 3 aromatic heterocycles. The Balaban J connectivity index is 1.40. The summed E-state index contributed by atoms with van der Waals surface area (Å²) >= 11 is 1.49.